The molecule has 0 spiro atoms. The van der Waals surface area contributed by atoms with Gasteiger partial charge in [0.1, 0.15) is 0 Å². The monoisotopic (exact) mass is 337 g/mol. The molecule has 2 nitrogen and oxygen atoms in total. The molecule has 82 valence electrons. The lowest BCUT2D eigenvalue weighted by molar-refractivity contribution is -0.118. The van der Waals surface area contributed by atoms with E-state index in [1.165, 1.54) is 0 Å². The first-order valence-corrected chi connectivity index (χ1v) is 6.29. The molecular formula is C11H13ClINO. The van der Waals surface area contributed by atoms with Crippen LogP contribution in [0.2, 0.25) is 0 Å². The van der Waals surface area contributed by atoms with Crippen LogP contribution in [0.15, 0.2) is 18.2 Å². The maximum atomic E-state index is 11.6. The summed E-state index contributed by atoms with van der Waals surface area (Å²) < 4.78 is 1.16. The van der Waals surface area contributed by atoms with Crippen LogP contribution in [0.1, 0.15) is 12.5 Å². The molecule has 1 aromatic carbocycles. The first kappa shape index (κ1) is 12.8. The molecule has 4 heteroatoms. The van der Waals surface area contributed by atoms with Crippen molar-refractivity contribution in [1.82, 2.24) is 0 Å². The molecule has 15 heavy (non-hydrogen) atoms. The summed E-state index contributed by atoms with van der Waals surface area (Å²) in [5, 5.41) is 2.86. The second-order valence-corrected chi connectivity index (χ2v) is 5.06. The number of alkyl halides is 1. The lowest BCUT2D eigenvalue weighted by Gasteiger charge is -2.11. The average molecular weight is 338 g/mol. The van der Waals surface area contributed by atoms with E-state index in [4.69, 9.17) is 11.6 Å². The molecule has 0 aliphatic carbocycles. The zero-order valence-corrected chi connectivity index (χ0v) is 11.6. The number of nitrogens with one attached hydrogen (secondary N) is 1. The van der Waals surface area contributed by atoms with Gasteiger partial charge in [0.15, 0.2) is 0 Å². The molecule has 0 radical (unpaired) electrons. The summed E-state index contributed by atoms with van der Waals surface area (Å²) in [7, 11) is 0. The summed E-state index contributed by atoms with van der Waals surface area (Å²) >= 11 is 7.86. The highest BCUT2D eigenvalue weighted by Crippen LogP contribution is 2.18. The normalized spacial score (nSPS) is 12.3. The Kier molecular flexibility index (Phi) is 4.86. The third-order valence-electron chi connectivity index (χ3n) is 2.13. The minimum absolute atomic E-state index is 0.0330. The molecule has 0 bridgehead atoms. The van der Waals surface area contributed by atoms with Crippen molar-refractivity contribution in [1.29, 1.82) is 0 Å². The van der Waals surface area contributed by atoms with Gasteiger partial charge in [-0.2, -0.15) is 0 Å². The largest absolute Gasteiger partial charge is 0.326 e. The van der Waals surface area contributed by atoms with E-state index in [1.807, 2.05) is 32.0 Å². The minimum atomic E-state index is -0.162. The van der Waals surface area contributed by atoms with Gasteiger partial charge in [-0.3, -0.25) is 4.79 Å². The van der Waals surface area contributed by atoms with Crippen molar-refractivity contribution in [2.75, 3.05) is 11.2 Å². The fraction of sp³-hybridized carbons (Fsp3) is 0.364. The predicted octanol–water partition coefficient (Wildman–Crippen LogP) is 3.41. The van der Waals surface area contributed by atoms with E-state index >= 15 is 0 Å². The standard InChI is InChI=1S/C11H13ClINO/c1-7-5-9(13)3-4-10(7)14-11(15)8(2)6-12/h3-5,8H,6H2,1-2H3,(H,14,15). The van der Waals surface area contributed by atoms with Gasteiger partial charge in [-0.05, 0) is 53.3 Å². The van der Waals surface area contributed by atoms with Crippen LogP contribution in [-0.4, -0.2) is 11.8 Å². The van der Waals surface area contributed by atoms with E-state index in [0.717, 1.165) is 14.8 Å². The zero-order chi connectivity index (χ0) is 11.4. The van der Waals surface area contributed by atoms with Crippen molar-refractivity contribution < 1.29 is 4.79 Å². The quantitative estimate of drug-likeness (QED) is 0.664. The smallest absolute Gasteiger partial charge is 0.228 e. The van der Waals surface area contributed by atoms with Crippen LogP contribution < -0.4 is 5.32 Å². The van der Waals surface area contributed by atoms with E-state index in [-0.39, 0.29) is 11.8 Å². The molecule has 0 saturated carbocycles. The maximum Gasteiger partial charge on any atom is 0.228 e. The maximum absolute atomic E-state index is 11.6. The first-order chi connectivity index (χ1) is 7.04. The Morgan fingerprint density at radius 3 is 2.80 bits per heavy atom. The Bertz CT molecular complexity index is 368. The Labute approximate surface area is 109 Å². The minimum Gasteiger partial charge on any atom is -0.326 e. The number of anilines is 1. The molecular weight excluding hydrogens is 324 g/mol. The van der Waals surface area contributed by atoms with E-state index in [0.29, 0.717) is 5.88 Å². The highest BCUT2D eigenvalue weighted by atomic mass is 127. The van der Waals surface area contributed by atoms with Crippen molar-refractivity contribution >= 4 is 45.8 Å². The Morgan fingerprint density at radius 2 is 2.27 bits per heavy atom. The fourth-order valence-corrected chi connectivity index (χ4v) is 1.88. The van der Waals surface area contributed by atoms with Crippen molar-refractivity contribution in [2.45, 2.75) is 13.8 Å². The van der Waals surface area contributed by atoms with Gasteiger partial charge in [0, 0.05) is 21.1 Å². The Morgan fingerprint density at radius 1 is 1.60 bits per heavy atom. The molecule has 0 aliphatic heterocycles. The first-order valence-electron chi connectivity index (χ1n) is 4.67. The number of carbonyl (C=O) groups is 1. The van der Waals surface area contributed by atoms with Crippen LogP contribution in [0, 0.1) is 16.4 Å². The summed E-state index contributed by atoms with van der Waals surface area (Å²) in [5.74, 6) is 0.148. The van der Waals surface area contributed by atoms with Gasteiger partial charge < -0.3 is 5.32 Å². The van der Waals surface area contributed by atoms with Gasteiger partial charge in [0.25, 0.3) is 0 Å². The van der Waals surface area contributed by atoms with E-state index < -0.39 is 0 Å². The predicted molar refractivity (Wildman–Crippen MR) is 72.4 cm³/mol. The second kappa shape index (κ2) is 5.70. The van der Waals surface area contributed by atoms with Gasteiger partial charge in [0.2, 0.25) is 5.91 Å². The molecule has 1 amide bonds. The summed E-state index contributed by atoms with van der Waals surface area (Å²) in [6.07, 6.45) is 0. The number of benzene rings is 1. The molecule has 0 aromatic heterocycles. The van der Waals surface area contributed by atoms with Gasteiger partial charge in [-0.25, -0.2) is 0 Å². The summed E-state index contributed by atoms with van der Waals surface area (Å²) in [4.78, 5) is 11.6. The molecule has 1 rings (SSSR count). The summed E-state index contributed by atoms with van der Waals surface area (Å²) in [6.45, 7) is 3.79. The van der Waals surface area contributed by atoms with Crippen LogP contribution in [0.3, 0.4) is 0 Å². The lowest BCUT2D eigenvalue weighted by Crippen LogP contribution is -2.21. The average Bonchev–Trinajstić information content (AvgIpc) is 2.20. The second-order valence-electron chi connectivity index (χ2n) is 3.50. The van der Waals surface area contributed by atoms with E-state index in [1.54, 1.807) is 0 Å². The highest BCUT2D eigenvalue weighted by Gasteiger charge is 2.12. The van der Waals surface area contributed by atoms with Crippen molar-refractivity contribution in [3.8, 4) is 0 Å². The molecule has 0 heterocycles. The fourth-order valence-electron chi connectivity index (χ4n) is 1.09. The molecule has 1 aromatic rings. The Hall–Kier alpha value is -0.290. The van der Waals surface area contributed by atoms with Gasteiger partial charge in [0.05, 0.1) is 0 Å². The number of aryl methyl sites for hydroxylation is 1. The molecule has 1 atom stereocenters. The number of rotatable bonds is 3. The van der Waals surface area contributed by atoms with Gasteiger partial charge in [-0.15, -0.1) is 11.6 Å². The van der Waals surface area contributed by atoms with Crippen LogP contribution >= 0.6 is 34.2 Å². The molecule has 1 unspecified atom stereocenters. The summed E-state index contributed by atoms with van der Waals surface area (Å²) in [6, 6.07) is 5.91. The van der Waals surface area contributed by atoms with Crippen LogP contribution in [-0.2, 0) is 4.79 Å². The van der Waals surface area contributed by atoms with Crippen LogP contribution in [0.5, 0.6) is 0 Å². The molecule has 0 saturated heterocycles. The van der Waals surface area contributed by atoms with Crippen molar-refractivity contribution in [2.24, 2.45) is 5.92 Å². The summed E-state index contributed by atoms with van der Waals surface area (Å²) in [5.41, 5.74) is 1.93. The topological polar surface area (TPSA) is 29.1 Å². The number of hydrogen-bond acceptors (Lipinski definition) is 1. The number of carbonyl (C=O) groups excluding carboxylic acids is 1. The number of hydrogen-bond donors (Lipinski definition) is 1. The molecule has 0 fully saturated rings. The van der Waals surface area contributed by atoms with Crippen LogP contribution in [0.4, 0.5) is 5.69 Å². The van der Waals surface area contributed by atoms with Crippen LogP contribution in [0.25, 0.3) is 0 Å². The third kappa shape index (κ3) is 3.65. The van der Waals surface area contributed by atoms with E-state index in [9.17, 15) is 4.79 Å². The van der Waals surface area contributed by atoms with Gasteiger partial charge in [-0.1, -0.05) is 6.92 Å². The van der Waals surface area contributed by atoms with Crippen molar-refractivity contribution in [3.05, 3.63) is 27.3 Å². The van der Waals surface area contributed by atoms with Crippen molar-refractivity contribution in [3.63, 3.8) is 0 Å². The number of amides is 1. The lowest BCUT2D eigenvalue weighted by atomic mass is 10.1. The molecule has 1 N–H and O–H groups in total. The third-order valence-corrected chi connectivity index (χ3v) is 3.26. The highest BCUT2D eigenvalue weighted by molar-refractivity contribution is 14.1. The Balaban J connectivity index is 2.77. The van der Waals surface area contributed by atoms with Gasteiger partial charge >= 0.3 is 0 Å². The van der Waals surface area contributed by atoms with E-state index in [2.05, 4.69) is 27.9 Å². The molecule has 0 aliphatic rings. The SMILES string of the molecule is Cc1cc(I)ccc1NC(=O)C(C)CCl. The zero-order valence-electron chi connectivity index (χ0n) is 8.68. The number of halogens is 2.